The molecular formula is C32H67NO4. The maximum absolute atomic E-state index is 8.76. The van der Waals surface area contributed by atoms with E-state index in [9.17, 15) is 0 Å². The number of unbranched alkanes of at least 4 members (excludes halogenated alkanes) is 26. The first kappa shape index (κ1) is 36.8. The Morgan fingerprint density at radius 1 is 0.270 bits per heavy atom. The third-order valence-corrected chi connectivity index (χ3v) is 7.43. The molecule has 0 aromatic rings. The Morgan fingerprint density at radius 2 is 0.459 bits per heavy atom. The fourth-order valence-electron chi connectivity index (χ4n) is 4.94. The summed E-state index contributed by atoms with van der Waals surface area (Å²) in [6, 6.07) is 0. The van der Waals surface area contributed by atoms with Crippen molar-refractivity contribution in [3.63, 3.8) is 0 Å². The van der Waals surface area contributed by atoms with Gasteiger partial charge in [0.25, 0.3) is 0 Å². The van der Waals surface area contributed by atoms with Gasteiger partial charge in [-0.25, -0.2) is 0 Å². The van der Waals surface area contributed by atoms with Crippen molar-refractivity contribution in [2.24, 2.45) is 0 Å². The van der Waals surface area contributed by atoms with Crippen molar-refractivity contribution in [1.29, 1.82) is 0 Å². The van der Waals surface area contributed by atoms with Gasteiger partial charge in [-0.15, -0.1) is 0 Å². The van der Waals surface area contributed by atoms with E-state index >= 15 is 0 Å². The Bertz CT molecular complexity index is 350. The van der Waals surface area contributed by atoms with Crippen molar-refractivity contribution in [2.45, 2.75) is 180 Å². The highest BCUT2D eigenvalue weighted by molar-refractivity contribution is 4.51. The number of aliphatic hydroxyl groups is 2. The molecule has 0 atom stereocenters. The number of hydrogen-bond acceptors (Lipinski definition) is 5. The Labute approximate surface area is 231 Å². The third-order valence-electron chi connectivity index (χ3n) is 7.43. The predicted octanol–water partition coefficient (Wildman–Crippen LogP) is 9.35. The van der Waals surface area contributed by atoms with Crippen molar-refractivity contribution >= 4 is 0 Å². The van der Waals surface area contributed by atoms with Gasteiger partial charge in [0.05, 0.1) is 13.2 Å². The van der Waals surface area contributed by atoms with Crippen LogP contribution in [0.5, 0.6) is 0 Å². The van der Waals surface area contributed by atoms with Crippen LogP contribution >= 0.6 is 0 Å². The summed E-state index contributed by atoms with van der Waals surface area (Å²) >= 11 is 0. The summed E-state index contributed by atoms with van der Waals surface area (Å²) in [7, 11) is 0. The average Bonchev–Trinajstić information content (AvgIpc) is 2.91. The van der Waals surface area contributed by atoms with E-state index in [1.54, 1.807) is 0 Å². The van der Waals surface area contributed by atoms with Crippen LogP contribution in [0.2, 0.25) is 0 Å². The molecule has 0 aliphatic carbocycles. The van der Waals surface area contributed by atoms with Crippen molar-refractivity contribution in [1.82, 2.24) is 5.64 Å². The molecule has 0 spiro atoms. The van der Waals surface area contributed by atoms with Crippen LogP contribution in [0.3, 0.4) is 0 Å². The van der Waals surface area contributed by atoms with Gasteiger partial charge in [-0.2, -0.15) is 0 Å². The maximum Gasteiger partial charge on any atom is 0.0709 e. The fourth-order valence-corrected chi connectivity index (χ4v) is 4.94. The maximum atomic E-state index is 8.76. The standard InChI is InChI=1S/C32H67NO4/c34-29-25-21-17-13-9-5-1-3-7-11-15-19-23-27-31-36-33-37-32-28-24-20-16-12-8-4-2-6-10-14-18-22-26-30-35/h33-35H,1-32H2. The van der Waals surface area contributed by atoms with Gasteiger partial charge in [0.15, 0.2) is 0 Å². The quantitative estimate of drug-likeness (QED) is 0.0572. The molecule has 0 aliphatic rings. The van der Waals surface area contributed by atoms with Crippen LogP contribution < -0.4 is 5.64 Å². The molecule has 37 heavy (non-hydrogen) atoms. The van der Waals surface area contributed by atoms with E-state index in [-0.39, 0.29) is 0 Å². The lowest BCUT2D eigenvalue weighted by atomic mass is 10.0. The van der Waals surface area contributed by atoms with Crippen LogP contribution in [0.4, 0.5) is 0 Å². The summed E-state index contributed by atoms with van der Waals surface area (Å²) in [5.41, 5.74) is 2.66. The third kappa shape index (κ3) is 35.8. The molecule has 0 aliphatic heterocycles. The second kappa shape index (κ2) is 35.8. The highest BCUT2D eigenvalue weighted by Crippen LogP contribution is 2.14. The second-order valence-electron chi connectivity index (χ2n) is 11.1. The molecule has 5 nitrogen and oxygen atoms in total. The summed E-state index contributed by atoms with van der Waals surface area (Å²) in [5.74, 6) is 0. The molecule has 0 saturated heterocycles. The number of nitrogens with one attached hydrogen (secondary N) is 1. The van der Waals surface area contributed by atoms with E-state index in [2.05, 4.69) is 5.64 Å². The highest BCUT2D eigenvalue weighted by Gasteiger charge is 1.97. The van der Waals surface area contributed by atoms with Crippen molar-refractivity contribution < 1.29 is 19.9 Å². The largest absolute Gasteiger partial charge is 0.396 e. The van der Waals surface area contributed by atoms with E-state index in [4.69, 9.17) is 19.9 Å². The molecule has 0 aromatic heterocycles. The topological polar surface area (TPSA) is 71.0 Å². The first-order valence-electron chi connectivity index (χ1n) is 16.6. The predicted molar refractivity (Wildman–Crippen MR) is 158 cm³/mol. The van der Waals surface area contributed by atoms with Gasteiger partial charge in [-0.3, -0.25) is 9.68 Å². The summed E-state index contributed by atoms with van der Waals surface area (Å²) in [6.45, 7) is 2.19. The van der Waals surface area contributed by atoms with Crippen LogP contribution in [-0.2, 0) is 9.68 Å². The van der Waals surface area contributed by atoms with E-state index < -0.39 is 0 Å². The van der Waals surface area contributed by atoms with Crippen molar-refractivity contribution in [3.8, 4) is 0 Å². The van der Waals surface area contributed by atoms with Crippen LogP contribution in [0.1, 0.15) is 180 Å². The Kier molecular flexibility index (Phi) is 35.6. The first-order chi connectivity index (χ1) is 18.4. The highest BCUT2D eigenvalue weighted by atomic mass is 16.9. The monoisotopic (exact) mass is 530 g/mol. The molecular weight excluding hydrogens is 462 g/mol. The lowest BCUT2D eigenvalue weighted by molar-refractivity contribution is -0.171. The molecule has 0 unspecified atom stereocenters. The van der Waals surface area contributed by atoms with Gasteiger partial charge in [-0.05, 0) is 25.7 Å². The van der Waals surface area contributed by atoms with Gasteiger partial charge in [0.2, 0.25) is 0 Å². The van der Waals surface area contributed by atoms with E-state index in [0.29, 0.717) is 13.2 Å². The van der Waals surface area contributed by atoms with Gasteiger partial charge >= 0.3 is 0 Å². The van der Waals surface area contributed by atoms with Crippen LogP contribution in [-0.4, -0.2) is 36.6 Å². The molecule has 0 fully saturated rings. The molecule has 5 heteroatoms. The molecule has 0 heterocycles. The molecule has 0 rings (SSSR count). The van der Waals surface area contributed by atoms with Crippen molar-refractivity contribution in [2.75, 3.05) is 26.4 Å². The zero-order chi connectivity index (χ0) is 26.7. The molecule has 224 valence electrons. The second-order valence-corrected chi connectivity index (χ2v) is 11.1. The fraction of sp³-hybridized carbons (Fsp3) is 1.00. The molecule has 0 amide bonds. The first-order valence-corrected chi connectivity index (χ1v) is 16.6. The van der Waals surface area contributed by atoms with Crippen LogP contribution in [0, 0.1) is 0 Å². The normalized spacial score (nSPS) is 11.5. The minimum Gasteiger partial charge on any atom is -0.396 e. The van der Waals surface area contributed by atoms with Gasteiger partial charge in [-0.1, -0.05) is 160 Å². The number of hydrogen-bond donors (Lipinski definition) is 3. The average molecular weight is 530 g/mol. The minimum absolute atomic E-state index is 0.356. The minimum atomic E-state index is 0.356. The molecule has 0 aromatic carbocycles. The van der Waals surface area contributed by atoms with Gasteiger partial charge in [0.1, 0.15) is 0 Å². The van der Waals surface area contributed by atoms with E-state index in [1.165, 1.54) is 154 Å². The summed E-state index contributed by atoms with van der Waals surface area (Å²) in [5, 5.41) is 17.5. The molecule has 0 saturated carbocycles. The lowest BCUT2D eigenvalue weighted by Gasteiger charge is -2.07. The van der Waals surface area contributed by atoms with E-state index in [1.807, 2.05) is 0 Å². The van der Waals surface area contributed by atoms with Gasteiger partial charge in [0, 0.05) is 13.2 Å². The SMILES string of the molecule is OCCCCCCCCCCCCCCCCONOCCCCCCCCCCCCCCCCO. The zero-order valence-corrected chi connectivity index (χ0v) is 24.8. The summed E-state index contributed by atoms with van der Waals surface area (Å²) < 4.78 is 0. The zero-order valence-electron chi connectivity index (χ0n) is 24.8. The lowest BCUT2D eigenvalue weighted by Crippen LogP contribution is -2.16. The number of rotatable bonds is 34. The summed E-state index contributed by atoms with van der Waals surface area (Å²) in [4.78, 5) is 10.8. The number of aliphatic hydroxyl groups excluding tert-OH is 2. The van der Waals surface area contributed by atoms with Gasteiger partial charge < -0.3 is 10.2 Å². The van der Waals surface area contributed by atoms with Crippen LogP contribution in [0.15, 0.2) is 0 Å². The van der Waals surface area contributed by atoms with E-state index in [0.717, 1.165) is 38.9 Å². The van der Waals surface area contributed by atoms with Crippen molar-refractivity contribution in [3.05, 3.63) is 0 Å². The summed E-state index contributed by atoms with van der Waals surface area (Å²) in [6.07, 6.45) is 36.4. The Morgan fingerprint density at radius 3 is 0.676 bits per heavy atom. The van der Waals surface area contributed by atoms with Crippen LogP contribution in [0.25, 0.3) is 0 Å². The Balaban J connectivity index is 3.00. The molecule has 0 bridgehead atoms. The Hall–Kier alpha value is -0.200. The molecule has 0 radical (unpaired) electrons. The molecule has 3 N–H and O–H groups in total. The smallest absolute Gasteiger partial charge is 0.0709 e.